The minimum absolute atomic E-state index is 0.260. The molecule has 0 aliphatic rings. The van der Waals surface area contributed by atoms with Crippen LogP contribution in [-0.4, -0.2) is 51.1 Å². The zero-order valence-corrected chi connectivity index (χ0v) is 11.5. The summed E-state index contributed by atoms with van der Waals surface area (Å²) in [7, 11) is 0. The van der Waals surface area contributed by atoms with Crippen molar-refractivity contribution in [1.82, 2.24) is 5.32 Å². The highest BCUT2D eigenvalue weighted by atomic mass is 32.2. The third-order valence-corrected chi connectivity index (χ3v) is 3.06. The molecule has 0 aromatic heterocycles. The van der Waals surface area contributed by atoms with Gasteiger partial charge in [0.05, 0.1) is 6.42 Å². The van der Waals surface area contributed by atoms with Crippen LogP contribution in [-0.2, 0) is 19.2 Å². The van der Waals surface area contributed by atoms with E-state index in [1.807, 2.05) is 0 Å². The minimum atomic E-state index is -4.99. The molecule has 0 saturated carbocycles. The molecule has 0 aromatic carbocycles. The second kappa shape index (κ2) is 7.86. The Balaban J connectivity index is 4.97. The van der Waals surface area contributed by atoms with Crippen LogP contribution in [0.5, 0.6) is 0 Å². The van der Waals surface area contributed by atoms with Crippen molar-refractivity contribution in [2.24, 2.45) is 5.92 Å². The van der Waals surface area contributed by atoms with E-state index in [-0.39, 0.29) is 11.8 Å². The van der Waals surface area contributed by atoms with E-state index in [4.69, 9.17) is 10.2 Å². The molecule has 0 saturated heterocycles. The highest BCUT2D eigenvalue weighted by Gasteiger charge is 2.45. The standard InChI is InChI=1S/C10H12F3NO6S/c1-4(15)21-3-5(10(11,12)13)8(18)14-6(9(19)20)2-7(16)17/h5-6H,2-3H2,1H3,(H,14,18)(H,16,17)(H,19,20)/t5?,6-/m0/s1. The second-order valence-electron chi connectivity index (χ2n) is 3.89. The van der Waals surface area contributed by atoms with E-state index < -0.39 is 53.3 Å². The zero-order chi connectivity index (χ0) is 16.8. The fourth-order valence-electron chi connectivity index (χ4n) is 1.17. The summed E-state index contributed by atoms with van der Waals surface area (Å²) in [4.78, 5) is 43.2. The lowest BCUT2D eigenvalue weighted by Crippen LogP contribution is -2.48. The van der Waals surface area contributed by atoms with Crippen LogP contribution >= 0.6 is 11.8 Å². The van der Waals surface area contributed by atoms with E-state index in [2.05, 4.69) is 0 Å². The molecule has 11 heteroatoms. The van der Waals surface area contributed by atoms with Crippen LogP contribution in [0.15, 0.2) is 0 Å². The van der Waals surface area contributed by atoms with Crippen molar-refractivity contribution in [3.63, 3.8) is 0 Å². The van der Waals surface area contributed by atoms with Gasteiger partial charge in [0.2, 0.25) is 5.91 Å². The maximum atomic E-state index is 12.7. The van der Waals surface area contributed by atoms with Crippen LogP contribution in [0.1, 0.15) is 13.3 Å². The summed E-state index contributed by atoms with van der Waals surface area (Å²) in [5.74, 6) is -8.58. The first kappa shape index (κ1) is 19.2. The molecule has 21 heavy (non-hydrogen) atoms. The fraction of sp³-hybridized carbons (Fsp3) is 0.600. The maximum Gasteiger partial charge on any atom is 0.401 e. The van der Waals surface area contributed by atoms with Crippen LogP contribution in [0.3, 0.4) is 0 Å². The van der Waals surface area contributed by atoms with E-state index in [0.717, 1.165) is 6.92 Å². The van der Waals surface area contributed by atoms with Gasteiger partial charge in [0.25, 0.3) is 0 Å². The molecule has 3 N–H and O–H groups in total. The number of halogens is 3. The molecule has 1 amide bonds. The molecular weight excluding hydrogens is 319 g/mol. The molecule has 0 radical (unpaired) electrons. The van der Waals surface area contributed by atoms with E-state index >= 15 is 0 Å². The van der Waals surface area contributed by atoms with Crippen LogP contribution in [0.2, 0.25) is 0 Å². The summed E-state index contributed by atoms with van der Waals surface area (Å²) < 4.78 is 38.1. The normalized spacial score (nSPS) is 14.1. The Morgan fingerprint density at radius 1 is 1.19 bits per heavy atom. The van der Waals surface area contributed by atoms with Crippen LogP contribution < -0.4 is 5.32 Å². The SMILES string of the molecule is CC(=O)SCC(C(=O)N[C@@H](CC(=O)O)C(=O)O)C(F)(F)F. The summed E-state index contributed by atoms with van der Waals surface area (Å²) in [6, 6.07) is -1.98. The van der Waals surface area contributed by atoms with Gasteiger partial charge in [0, 0.05) is 12.7 Å². The number of carbonyl (C=O) groups is 4. The lowest BCUT2D eigenvalue weighted by Gasteiger charge is -2.21. The Morgan fingerprint density at radius 2 is 1.71 bits per heavy atom. The first-order valence-corrected chi connectivity index (χ1v) is 6.38. The Bertz CT molecular complexity index is 439. The zero-order valence-electron chi connectivity index (χ0n) is 10.6. The molecule has 7 nitrogen and oxygen atoms in total. The van der Waals surface area contributed by atoms with E-state index in [9.17, 15) is 32.3 Å². The van der Waals surface area contributed by atoms with Crippen molar-refractivity contribution in [3.05, 3.63) is 0 Å². The predicted octanol–water partition coefficient (Wildman–Crippen LogP) is 0.489. The second-order valence-corrected chi connectivity index (χ2v) is 5.09. The number of amides is 1. The number of hydrogen-bond acceptors (Lipinski definition) is 5. The fourth-order valence-corrected chi connectivity index (χ4v) is 1.91. The number of aliphatic carboxylic acids is 2. The molecule has 0 rings (SSSR count). The minimum Gasteiger partial charge on any atom is -0.481 e. The number of rotatable bonds is 7. The average molecular weight is 331 g/mol. The first-order chi connectivity index (χ1) is 9.45. The van der Waals surface area contributed by atoms with Crippen molar-refractivity contribution < 1.29 is 42.6 Å². The van der Waals surface area contributed by atoms with Gasteiger partial charge in [0.1, 0.15) is 12.0 Å². The van der Waals surface area contributed by atoms with E-state index in [0.29, 0.717) is 0 Å². The van der Waals surface area contributed by atoms with Crippen LogP contribution in [0.4, 0.5) is 13.2 Å². The summed E-state index contributed by atoms with van der Waals surface area (Å²) in [6.07, 6.45) is -6.05. The summed E-state index contributed by atoms with van der Waals surface area (Å²) in [5.41, 5.74) is 0. The van der Waals surface area contributed by atoms with Crippen LogP contribution in [0, 0.1) is 5.92 Å². The smallest absolute Gasteiger partial charge is 0.401 e. The highest BCUT2D eigenvalue weighted by Crippen LogP contribution is 2.29. The monoisotopic (exact) mass is 331 g/mol. The quantitative estimate of drug-likeness (QED) is 0.621. The van der Waals surface area contributed by atoms with Crippen molar-refractivity contribution in [2.45, 2.75) is 25.6 Å². The van der Waals surface area contributed by atoms with Gasteiger partial charge in [0.15, 0.2) is 5.12 Å². The molecular formula is C10H12F3NO6S. The number of carbonyl (C=O) groups excluding carboxylic acids is 2. The first-order valence-electron chi connectivity index (χ1n) is 5.40. The van der Waals surface area contributed by atoms with Crippen molar-refractivity contribution in [2.75, 3.05) is 5.75 Å². The molecule has 0 bridgehead atoms. The van der Waals surface area contributed by atoms with Crippen molar-refractivity contribution >= 4 is 34.7 Å². The van der Waals surface area contributed by atoms with Crippen LogP contribution in [0.25, 0.3) is 0 Å². The lowest BCUT2D eigenvalue weighted by atomic mass is 10.1. The predicted molar refractivity (Wildman–Crippen MR) is 64.5 cm³/mol. The number of alkyl halides is 3. The molecule has 0 aliphatic heterocycles. The van der Waals surface area contributed by atoms with Gasteiger partial charge >= 0.3 is 18.1 Å². The summed E-state index contributed by atoms with van der Waals surface area (Å²) >= 11 is 0.260. The van der Waals surface area contributed by atoms with E-state index in [1.165, 1.54) is 5.32 Å². The molecule has 2 atom stereocenters. The Labute approximate surface area is 120 Å². The Hall–Kier alpha value is -1.78. The molecule has 0 heterocycles. The maximum absolute atomic E-state index is 12.7. The molecule has 0 fully saturated rings. The van der Waals surface area contributed by atoms with Gasteiger partial charge in [-0.3, -0.25) is 14.4 Å². The third kappa shape index (κ3) is 7.54. The average Bonchev–Trinajstić information content (AvgIpc) is 2.24. The molecule has 0 aliphatic carbocycles. The summed E-state index contributed by atoms with van der Waals surface area (Å²) in [6.45, 7) is 1.01. The highest BCUT2D eigenvalue weighted by molar-refractivity contribution is 8.13. The lowest BCUT2D eigenvalue weighted by molar-refractivity contribution is -0.179. The number of thioether (sulfide) groups is 1. The third-order valence-electron chi connectivity index (χ3n) is 2.16. The Kier molecular flexibility index (Phi) is 7.19. The Morgan fingerprint density at radius 3 is 2.05 bits per heavy atom. The molecule has 0 spiro atoms. The summed E-state index contributed by atoms with van der Waals surface area (Å²) in [5, 5.41) is 18.0. The van der Waals surface area contributed by atoms with Gasteiger partial charge in [-0.1, -0.05) is 11.8 Å². The van der Waals surface area contributed by atoms with Gasteiger partial charge in [-0.25, -0.2) is 4.79 Å². The molecule has 0 aromatic rings. The number of carboxylic acids is 2. The number of hydrogen-bond donors (Lipinski definition) is 3. The van der Waals surface area contributed by atoms with Crippen molar-refractivity contribution in [1.29, 1.82) is 0 Å². The number of nitrogens with one attached hydrogen (secondary N) is 1. The topological polar surface area (TPSA) is 121 Å². The van der Waals surface area contributed by atoms with E-state index in [1.54, 1.807) is 0 Å². The van der Waals surface area contributed by atoms with Gasteiger partial charge < -0.3 is 15.5 Å². The molecule has 1 unspecified atom stereocenters. The van der Waals surface area contributed by atoms with Gasteiger partial charge in [-0.15, -0.1) is 0 Å². The van der Waals surface area contributed by atoms with Gasteiger partial charge in [-0.2, -0.15) is 13.2 Å². The number of carboxylic acid groups (broad SMARTS) is 2. The largest absolute Gasteiger partial charge is 0.481 e. The van der Waals surface area contributed by atoms with Gasteiger partial charge in [-0.05, 0) is 0 Å². The van der Waals surface area contributed by atoms with Crippen molar-refractivity contribution in [3.8, 4) is 0 Å². The molecule has 120 valence electrons.